The summed E-state index contributed by atoms with van der Waals surface area (Å²) in [5.74, 6) is -0.532. The smallest absolute Gasteiger partial charge is 0.277 e. The Morgan fingerprint density at radius 3 is 2.67 bits per heavy atom. The minimum absolute atomic E-state index is 0.240. The lowest BCUT2D eigenvalue weighted by Crippen LogP contribution is -2.36. The molecule has 1 aliphatic rings. The summed E-state index contributed by atoms with van der Waals surface area (Å²) in [7, 11) is 0. The standard InChI is InChI=1S/C20H22FN3O3/c1-15(16-5-7-18(8-6-16)24-9-11-26-12-10-24)22-23-20(25)14-27-19-4-2-3-17(21)13-19/h2-8,13H,9-12,14H2,1H3,(H,23,25)/b22-15-. The van der Waals surface area contributed by atoms with Crippen LogP contribution in [0.15, 0.2) is 53.6 Å². The summed E-state index contributed by atoms with van der Waals surface area (Å²) in [4.78, 5) is 14.1. The molecule has 1 N–H and O–H groups in total. The van der Waals surface area contributed by atoms with Gasteiger partial charge in [0.2, 0.25) is 0 Å². The van der Waals surface area contributed by atoms with Gasteiger partial charge in [-0.1, -0.05) is 18.2 Å². The lowest BCUT2D eigenvalue weighted by atomic mass is 10.1. The highest BCUT2D eigenvalue weighted by molar-refractivity contribution is 5.99. The van der Waals surface area contributed by atoms with E-state index < -0.39 is 11.7 Å². The summed E-state index contributed by atoms with van der Waals surface area (Å²) in [5, 5.41) is 4.10. The van der Waals surface area contributed by atoms with Crippen LogP contribution in [0.1, 0.15) is 12.5 Å². The Hall–Kier alpha value is -2.93. The third-order valence-electron chi connectivity index (χ3n) is 4.18. The van der Waals surface area contributed by atoms with Gasteiger partial charge in [0.15, 0.2) is 6.61 Å². The molecule has 0 spiro atoms. The number of amides is 1. The van der Waals surface area contributed by atoms with Gasteiger partial charge in [-0.2, -0.15) is 5.10 Å². The molecule has 1 aliphatic heterocycles. The van der Waals surface area contributed by atoms with Crippen LogP contribution in [0.5, 0.6) is 5.75 Å². The first-order valence-corrected chi connectivity index (χ1v) is 8.76. The molecule has 0 aliphatic carbocycles. The highest BCUT2D eigenvalue weighted by Gasteiger charge is 2.11. The maximum Gasteiger partial charge on any atom is 0.277 e. The largest absolute Gasteiger partial charge is 0.484 e. The number of morpholine rings is 1. The summed E-state index contributed by atoms with van der Waals surface area (Å²) in [6.07, 6.45) is 0. The number of hydrogen-bond acceptors (Lipinski definition) is 5. The number of anilines is 1. The Bertz CT molecular complexity index is 802. The molecule has 3 rings (SSSR count). The molecule has 1 heterocycles. The third-order valence-corrected chi connectivity index (χ3v) is 4.18. The Kier molecular flexibility index (Phi) is 6.38. The number of carbonyl (C=O) groups is 1. The average molecular weight is 371 g/mol. The zero-order chi connectivity index (χ0) is 19.1. The van der Waals surface area contributed by atoms with Crippen LogP contribution in [0.3, 0.4) is 0 Å². The van der Waals surface area contributed by atoms with E-state index in [0.29, 0.717) is 11.5 Å². The van der Waals surface area contributed by atoms with Gasteiger partial charge in [-0.15, -0.1) is 0 Å². The lowest BCUT2D eigenvalue weighted by Gasteiger charge is -2.28. The van der Waals surface area contributed by atoms with Gasteiger partial charge in [-0.3, -0.25) is 4.79 Å². The molecule has 7 heteroatoms. The van der Waals surface area contributed by atoms with Crippen LogP contribution in [-0.2, 0) is 9.53 Å². The quantitative estimate of drug-likeness (QED) is 0.626. The number of nitrogens with zero attached hydrogens (tertiary/aromatic N) is 2. The van der Waals surface area contributed by atoms with Gasteiger partial charge in [0.1, 0.15) is 11.6 Å². The van der Waals surface area contributed by atoms with E-state index in [0.717, 1.165) is 37.6 Å². The fraction of sp³-hybridized carbons (Fsp3) is 0.300. The third kappa shape index (κ3) is 5.52. The van der Waals surface area contributed by atoms with Crippen molar-refractivity contribution in [3.8, 4) is 5.75 Å². The summed E-state index contributed by atoms with van der Waals surface area (Å²) >= 11 is 0. The van der Waals surface area contributed by atoms with E-state index in [9.17, 15) is 9.18 Å². The number of ether oxygens (including phenoxy) is 2. The Morgan fingerprint density at radius 1 is 1.22 bits per heavy atom. The van der Waals surface area contributed by atoms with Crippen LogP contribution >= 0.6 is 0 Å². The van der Waals surface area contributed by atoms with Gasteiger partial charge in [-0.05, 0) is 36.8 Å². The molecule has 0 radical (unpaired) electrons. The topological polar surface area (TPSA) is 63.2 Å². The molecule has 1 fully saturated rings. The van der Waals surface area contributed by atoms with Crippen molar-refractivity contribution in [1.29, 1.82) is 0 Å². The number of hydrazone groups is 1. The van der Waals surface area contributed by atoms with E-state index in [-0.39, 0.29) is 6.61 Å². The summed E-state index contributed by atoms with van der Waals surface area (Å²) < 4.78 is 23.7. The molecule has 0 unspecified atom stereocenters. The van der Waals surface area contributed by atoms with Gasteiger partial charge in [0.25, 0.3) is 5.91 Å². The molecule has 2 aromatic carbocycles. The maximum atomic E-state index is 13.1. The van der Waals surface area contributed by atoms with Crippen LogP contribution in [0, 0.1) is 5.82 Å². The number of benzene rings is 2. The lowest BCUT2D eigenvalue weighted by molar-refractivity contribution is -0.123. The van der Waals surface area contributed by atoms with Crippen LogP contribution in [0.2, 0.25) is 0 Å². The van der Waals surface area contributed by atoms with E-state index in [1.165, 1.54) is 18.2 Å². The second-order valence-electron chi connectivity index (χ2n) is 6.12. The molecule has 1 saturated heterocycles. The molecule has 0 saturated carbocycles. The minimum atomic E-state index is -0.415. The monoisotopic (exact) mass is 371 g/mol. The second-order valence-corrected chi connectivity index (χ2v) is 6.12. The first-order valence-electron chi connectivity index (χ1n) is 8.76. The van der Waals surface area contributed by atoms with Gasteiger partial charge in [-0.25, -0.2) is 9.82 Å². The highest BCUT2D eigenvalue weighted by Crippen LogP contribution is 2.17. The fourth-order valence-electron chi connectivity index (χ4n) is 2.68. The first-order chi connectivity index (χ1) is 13.1. The van der Waals surface area contributed by atoms with E-state index in [1.54, 1.807) is 6.07 Å². The van der Waals surface area contributed by atoms with Crippen molar-refractivity contribution in [2.45, 2.75) is 6.92 Å². The van der Waals surface area contributed by atoms with Gasteiger partial charge < -0.3 is 14.4 Å². The second kappa shape index (κ2) is 9.14. The number of rotatable bonds is 6. The summed E-state index contributed by atoms with van der Waals surface area (Å²) in [6.45, 7) is 4.83. The first kappa shape index (κ1) is 18.8. The van der Waals surface area contributed by atoms with Crippen molar-refractivity contribution in [1.82, 2.24) is 5.43 Å². The van der Waals surface area contributed by atoms with Gasteiger partial charge >= 0.3 is 0 Å². The predicted molar refractivity (Wildman–Crippen MR) is 102 cm³/mol. The molecule has 0 aromatic heterocycles. The van der Waals surface area contributed by atoms with Crippen LogP contribution < -0.4 is 15.1 Å². The van der Waals surface area contributed by atoms with E-state index in [2.05, 4.69) is 15.4 Å². The molecule has 2 aromatic rings. The van der Waals surface area contributed by atoms with Gasteiger partial charge in [0, 0.05) is 24.8 Å². The fourth-order valence-corrected chi connectivity index (χ4v) is 2.68. The number of hydrogen-bond donors (Lipinski definition) is 1. The Labute approximate surface area is 157 Å². The van der Waals surface area contributed by atoms with Crippen molar-refractivity contribution >= 4 is 17.3 Å². The Morgan fingerprint density at radius 2 is 1.96 bits per heavy atom. The number of halogens is 1. The zero-order valence-electron chi connectivity index (χ0n) is 15.2. The van der Waals surface area contributed by atoms with Crippen molar-refractivity contribution in [2.75, 3.05) is 37.8 Å². The normalized spacial score (nSPS) is 14.7. The summed E-state index contributed by atoms with van der Waals surface area (Å²) in [6, 6.07) is 13.6. The molecule has 6 nitrogen and oxygen atoms in total. The zero-order valence-corrected chi connectivity index (χ0v) is 15.2. The molecular formula is C20H22FN3O3. The number of carbonyl (C=O) groups excluding carboxylic acids is 1. The van der Waals surface area contributed by atoms with Crippen molar-refractivity contribution in [3.63, 3.8) is 0 Å². The van der Waals surface area contributed by atoms with E-state index in [4.69, 9.17) is 9.47 Å². The molecule has 1 amide bonds. The number of nitrogens with one attached hydrogen (secondary N) is 1. The van der Waals surface area contributed by atoms with Gasteiger partial charge in [0.05, 0.1) is 18.9 Å². The van der Waals surface area contributed by atoms with Crippen LogP contribution in [0.25, 0.3) is 0 Å². The van der Waals surface area contributed by atoms with E-state index in [1.807, 2.05) is 31.2 Å². The van der Waals surface area contributed by atoms with Crippen LogP contribution in [0.4, 0.5) is 10.1 Å². The average Bonchev–Trinajstić information content (AvgIpc) is 2.71. The van der Waals surface area contributed by atoms with Crippen molar-refractivity contribution in [3.05, 3.63) is 59.9 Å². The molecule has 142 valence electrons. The minimum Gasteiger partial charge on any atom is -0.484 e. The molecule has 0 atom stereocenters. The predicted octanol–water partition coefficient (Wildman–Crippen LogP) is 2.58. The SMILES string of the molecule is C/C(=N/NC(=O)COc1cccc(F)c1)c1ccc(N2CCOCC2)cc1. The van der Waals surface area contributed by atoms with Crippen LogP contribution in [-0.4, -0.2) is 44.5 Å². The maximum absolute atomic E-state index is 13.1. The Balaban J connectivity index is 1.51. The molecule has 0 bridgehead atoms. The molecule has 27 heavy (non-hydrogen) atoms. The van der Waals surface area contributed by atoms with Crippen molar-refractivity contribution in [2.24, 2.45) is 5.10 Å². The molecular weight excluding hydrogens is 349 g/mol. The van der Waals surface area contributed by atoms with Crippen molar-refractivity contribution < 1.29 is 18.7 Å². The summed E-state index contributed by atoms with van der Waals surface area (Å²) in [5.41, 5.74) is 5.19. The van der Waals surface area contributed by atoms with E-state index >= 15 is 0 Å². The highest BCUT2D eigenvalue weighted by atomic mass is 19.1.